The lowest BCUT2D eigenvalue weighted by molar-refractivity contribution is 0.102. The van der Waals surface area contributed by atoms with Crippen LogP contribution in [0.1, 0.15) is 49.3 Å². The van der Waals surface area contributed by atoms with Crippen LogP contribution in [-0.4, -0.2) is 35.6 Å². The number of rotatable bonds is 7. The van der Waals surface area contributed by atoms with E-state index in [9.17, 15) is 13.2 Å². The molecule has 0 aliphatic rings. The molecule has 0 spiro atoms. The Morgan fingerprint density at radius 2 is 1.70 bits per heavy atom. The molecule has 1 amide bonds. The van der Waals surface area contributed by atoms with Crippen LogP contribution in [-0.2, 0) is 15.4 Å². The van der Waals surface area contributed by atoms with Gasteiger partial charge in [-0.2, -0.15) is 9.78 Å². The van der Waals surface area contributed by atoms with E-state index < -0.39 is 10.0 Å². The van der Waals surface area contributed by atoms with Crippen LogP contribution < -0.4 is 9.62 Å². The first-order chi connectivity index (χ1) is 19.0. The maximum absolute atomic E-state index is 13.3. The summed E-state index contributed by atoms with van der Waals surface area (Å²) in [6, 6.07) is 22.9. The van der Waals surface area contributed by atoms with E-state index in [-0.39, 0.29) is 22.8 Å². The number of nitrogens with zero attached hydrogens (tertiary/aromatic N) is 4. The number of amides is 1. The number of aryl methyl sites for hydroxylation is 1. The highest BCUT2D eigenvalue weighted by Crippen LogP contribution is 2.32. The van der Waals surface area contributed by atoms with Gasteiger partial charge in [-0.15, -0.1) is 0 Å². The minimum atomic E-state index is -3.79. The number of aromatic nitrogens is 3. The van der Waals surface area contributed by atoms with Gasteiger partial charge in [-0.05, 0) is 73.4 Å². The van der Waals surface area contributed by atoms with Crippen LogP contribution in [0.2, 0.25) is 0 Å². The molecular formula is C30H31N5O3S2. The minimum absolute atomic E-state index is 0.0189. The molecule has 206 valence electrons. The van der Waals surface area contributed by atoms with Crippen LogP contribution in [0.3, 0.4) is 0 Å². The summed E-state index contributed by atoms with van der Waals surface area (Å²) in [6.45, 7) is 10.4. The van der Waals surface area contributed by atoms with Crippen LogP contribution in [0.15, 0.2) is 83.8 Å². The smallest absolute Gasteiger partial charge is 0.264 e. The molecule has 0 fully saturated rings. The highest BCUT2D eigenvalue weighted by atomic mass is 32.2. The van der Waals surface area contributed by atoms with E-state index in [2.05, 4.69) is 43.3 Å². The van der Waals surface area contributed by atoms with Gasteiger partial charge in [0.1, 0.15) is 5.82 Å². The molecule has 0 aliphatic heterocycles. The SMILES string of the molecule is CCN(c1ccccc1)S(=O)(=O)c1ccc(C(=O)Nc2cc(C)nn2-c2nc3ccc(C(C)(C)C)cc3s2)cc1. The fourth-order valence-electron chi connectivity index (χ4n) is 4.38. The second-order valence-electron chi connectivity index (χ2n) is 10.5. The van der Waals surface area contributed by atoms with Gasteiger partial charge < -0.3 is 5.32 Å². The van der Waals surface area contributed by atoms with Gasteiger partial charge in [0.2, 0.25) is 5.13 Å². The monoisotopic (exact) mass is 573 g/mol. The summed E-state index contributed by atoms with van der Waals surface area (Å²) in [7, 11) is -3.79. The lowest BCUT2D eigenvalue weighted by atomic mass is 9.87. The Balaban J connectivity index is 1.39. The predicted molar refractivity (Wildman–Crippen MR) is 161 cm³/mol. The van der Waals surface area contributed by atoms with Crippen LogP contribution in [0.25, 0.3) is 15.3 Å². The number of carbonyl (C=O) groups is 1. The van der Waals surface area contributed by atoms with Gasteiger partial charge in [-0.25, -0.2) is 13.4 Å². The van der Waals surface area contributed by atoms with Gasteiger partial charge in [0.15, 0.2) is 0 Å². The van der Waals surface area contributed by atoms with Crippen molar-refractivity contribution in [1.29, 1.82) is 0 Å². The Kier molecular flexibility index (Phi) is 7.24. The standard InChI is InChI=1S/C30H31N5O3S2/c1-6-34(23-10-8-7-9-11-23)40(37,38)24-15-12-21(13-16-24)28(36)32-27-18-20(2)33-35(27)29-31-25-17-14-22(30(3,4)5)19-26(25)39-29/h7-19H,6H2,1-5H3,(H,32,36). The molecule has 3 aromatic carbocycles. The molecular weight excluding hydrogens is 542 g/mol. The number of benzene rings is 3. The Bertz CT molecular complexity index is 1780. The fraction of sp³-hybridized carbons (Fsp3) is 0.233. The largest absolute Gasteiger partial charge is 0.306 e. The molecule has 2 heterocycles. The number of para-hydroxylation sites is 1. The summed E-state index contributed by atoms with van der Waals surface area (Å²) >= 11 is 1.51. The molecule has 0 radical (unpaired) electrons. The van der Waals surface area contributed by atoms with Crippen molar-refractivity contribution in [1.82, 2.24) is 14.8 Å². The first-order valence-electron chi connectivity index (χ1n) is 12.9. The Hall–Kier alpha value is -4.02. The van der Waals surface area contributed by atoms with Crippen LogP contribution in [0.5, 0.6) is 0 Å². The van der Waals surface area contributed by atoms with Gasteiger partial charge in [0.05, 0.1) is 26.5 Å². The third-order valence-electron chi connectivity index (χ3n) is 6.53. The molecule has 0 aliphatic carbocycles. The highest BCUT2D eigenvalue weighted by Gasteiger charge is 2.24. The normalized spacial score (nSPS) is 12.0. The third-order valence-corrected chi connectivity index (χ3v) is 9.44. The Morgan fingerprint density at radius 3 is 2.35 bits per heavy atom. The van der Waals surface area contributed by atoms with E-state index in [1.54, 1.807) is 41.9 Å². The zero-order valence-electron chi connectivity index (χ0n) is 23.0. The number of carbonyl (C=O) groups excluding carboxylic acids is 1. The average Bonchev–Trinajstić information content (AvgIpc) is 3.51. The highest BCUT2D eigenvalue weighted by molar-refractivity contribution is 7.92. The van der Waals surface area contributed by atoms with Crippen molar-refractivity contribution in [2.75, 3.05) is 16.2 Å². The number of anilines is 2. The predicted octanol–water partition coefficient (Wildman–Crippen LogP) is 6.56. The maximum Gasteiger partial charge on any atom is 0.264 e. The molecule has 0 unspecified atom stereocenters. The molecule has 40 heavy (non-hydrogen) atoms. The number of nitrogens with one attached hydrogen (secondary N) is 1. The van der Waals surface area contributed by atoms with Crippen LogP contribution in [0.4, 0.5) is 11.5 Å². The van der Waals surface area contributed by atoms with E-state index in [1.807, 2.05) is 19.1 Å². The molecule has 1 N–H and O–H groups in total. The lowest BCUT2D eigenvalue weighted by Crippen LogP contribution is -2.30. The van der Waals surface area contributed by atoms with Gasteiger partial charge in [0.25, 0.3) is 15.9 Å². The van der Waals surface area contributed by atoms with Crippen LogP contribution in [0, 0.1) is 6.92 Å². The number of sulfonamides is 1. The summed E-state index contributed by atoms with van der Waals surface area (Å²) in [4.78, 5) is 18.0. The van der Waals surface area contributed by atoms with E-state index >= 15 is 0 Å². The fourth-order valence-corrected chi connectivity index (χ4v) is 6.83. The summed E-state index contributed by atoms with van der Waals surface area (Å²) in [6.07, 6.45) is 0. The van der Waals surface area contributed by atoms with Gasteiger partial charge >= 0.3 is 0 Å². The Labute approximate surface area is 238 Å². The number of fused-ring (bicyclic) bond motifs is 1. The summed E-state index contributed by atoms with van der Waals surface area (Å²) in [5, 5.41) is 8.12. The molecule has 8 nitrogen and oxygen atoms in total. The molecule has 0 bridgehead atoms. The van der Waals surface area contributed by atoms with E-state index in [0.717, 1.165) is 15.9 Å². The second kappa shape index (κ2) is 10.5. The van der Waals surface area contributed by atoms with Crippen molar-refractivity contribution >= 4 is 49.0 Å². The first-order valence-corrected chi connectivity index (χ1v) is 15.2. The Morgan fingerprint density at radius 1 is 1.00 bits per heavy atom. The summed E-state index contributed by atoms with van der Waals surface area (Å²) in [5.74, 6) is 0.104. The summed E-state index contributed by atoms with van der Waals surface area (Å²) < 4.78 is 30.6. The zero-order chi connectivity index (χ0) is 28.7. The number of hydrogen-bond acceptors (Lipinski definition) is 6. The van der Waals surface area contributed by atoms with Crippen molar-refractivity contribution in [3.63, 3.8) is 0 Å². The van der Waals surface area contributed by atoms with Gasteiger partial charge in [0, 0.05) is 18.2 Å². The molecule has 0 atom stereocenters. The van der Waals surface area contributed by atoms with Crippen molar-refractivity contribution in [3.8, 4) is 5.13 Å². The molecule has 0 saturated heterocycles. The molecule has 5 rings (SSSR count). The van der Waals surface area contributed by atoms with Gasteiger partial charge in [-0.3, -0.25) is 9.10 Å². The van der Waals surface area contributed by atoms with E-state index in [1.165, 1.54) is 45.5 Å². The third kappa shape index (κ3) is 5.37. The minimum Gasteiger partial charge on any atom is -0.306 e. The average molecular weight is 574 g/mol. The quantitative estimate of drug-likeness (QED) is 0.238. The van der Waals surface area contributed by atoms with Crippen molar-refractivity contribution < 1.29 is 13.2 Å². The zero-order valence-corrected chi connectivity index (χ0v) is 24.7. The number of hydrogen-bond donors (Lipinski definition) is 1. The summed E-state index contributed by atoms with van der Waals surface area (Å²) in [5.41, 5.74) is 3.74. The molecule has 10 heteroatoms. The topological polar surface area (TPSA) is 97.2 Å². The first kappa shape index (κ1) is 27.5. The molecule has 0 saturated carbocycles. The molecule has 2 aromatic heterocycles. The van der Waals surface area contributed by atoms with Crippen molar-refractivity contribution in [2.24, 2.45) is 0 Å². The van der Waals surface area contributed by atoms with Crippen molar-refractivity contribution in [3.05, 3.63) is 95.7 Å². The number of thiazole rings is 1. The van der Waals surface area contributed by atoms with Crippen molar-refractivity contribution in [2.45, 2.75) is 44.9 Å². The van der Waals surface area contributed by atoms with E-state index in [4.69, 9.17) is 4.98 Å². The lowest BCUT2D eigenvalue weighted by Gasteiger charge is -2.23. The van der Waals surface area contributed by atoms with Crippen LogP contribution >= 0.6 is 11.3 Å². The maximum atomic E-state index is 13.3. The second-order valence-corrected chi connectivity index (χ2v) is 13.4. The van der Waals surface area contributed by atoms with Gasteiger partial charge in [-0.1, -0.05) is 56.4 Å². The molecule has 5 aromatic rings. The van der Waals surface area contributed by atoms with E-state index in [0.29, 0.717) is 22.2 Å².